The maximum absolute atomic E-state index is 10.7. The maximum Gasteiger partial charge on any atom is 0.306 e. The maximum atomic E-state index is 10.7. The molecule has 0 saturated carbocycles. The van der Waals surface area contributed by atoms with Crippen molar-refractivity contribution < 1.29 is 19.4 Å². The Labute approximate surface area is 85.2 Å². The van der Waals surface area contributed by atoms with Crippen molar-refractivity contribution in [3.63, 3.8) is 0 Å². The van der Waals surface area contributed by atoms with Gasteiger partial charge in [-0.05, 0) is 12.8 Å². The average molecular weight is 204 g/mol. The molecule has 0 aliphatic heterocycles. The second-order valence-electron chi connectivity index (χ2n) is 3.48. The monoisotopic (exact) mass is 204 g/mol. The lowest BCUT2D eigenvalue weighted by Crippen LogP contribution is -2.27. The van der Waals surface area contributed by atoms with Gasteiger partial charge in [0.15, 0.2) is 6.29 Å². The number of hydrogen-bond donors (Lipinski definition) is 1. The van der Waals surface area contributed by atoms with Gasteiger partial charge in [-0.25, -0.2) is 0 Å². The Morgan fingerprint density at radius 1 is 1.36 bits per heavy atom. The molecule has 0 aromatic heterocycles. The number of hydrogen-bond acceptors (Lipinski definition) is 3. The third-order valence-electron chi connectivity index (χ3n) is 2.45. The van der Waals surface area contributed by atoms with Gasteiger partial charge in [-0.1, -0.05) is 13.8 Å². The highest BCUT2D eigenvalue weighted by Crippen LogP contribution is 2.21. The number of carboxylic acid groups (broad SMARTS) is 1. The first-order valence-electron chi connectivity index (χ1n) is 4.85. The Balaban J connectivity index is 4.19. The van der Waals surface area contributed by atoms with E-state index in [1.807, 2.05) is 6.92 Å². The predicted octanol–water partition coefficient (Wildman–Crippen LogP) is 1.74. The zero-order valence-corrected chi connectivity index (χ0v) is 9.32. The van der Waals surface area contributed by atoms with Crippen molar-refractivity contribution in [3.8, 4) is 0 Å². The number of ether oxygens (including phenoxy) is 2. The quantitative estimate of drug-likeness (QED) is 0.642. The highest BCUT2D eigenvalue weighted by atomic mass is 16.7. The molecule has 0 aliphatic carbocycles. The van der Waals surface area contributed by atoms with Crippen LogP contribution in [0.1, 0.15) is 26.7 Å². The van der Waals surface area contributed by atoms with Crippen LogP contribution in [-0.2, 0) is 14.3 Å². The summed E-state index contributed by atoms with van der Waals surface area (Å²) in [5, 5.41) is 8.77. The van der Waals surface area contributed by atoms with Crippen LogP contribution in [-0.4, -0.2) is 31.6 Å². The van der Waals surface area contributed by atoms with Gasteiger partial charge in [0.05, 0.1) is 5.92 Å². The van der Waals surface area contributed by atoms with Gasteiger partial charge >= 0.3 is 5.97 Å². The summed E-state index contributed by atoms with van der Waals surface area (Å²) in [6.07, 6.45) is 1.13. The van der Waals surface area contributed by atoms with E-state index < -0.39 is 5.97 Å². The van der Waals surface area contributed by atoms with E-state index in [1.54, 1.807) is 21.1 Å². The molecule has 4 heteroatoms. The lowest BCUT2D eigenvalue weighted by atomic mass is 9.93. The van der Waals surface area contributed by atoms with E-state index in [0.717, 1.165) is 6.42 Å². The van der Waals surface area contributed by atoms with Crippen molar-refractivity contribution >= 4 is 5.97 Å². The van der Waals surface area contributed by atoms with E-state index in [2.05, 4.69) is 0 Å². The average Bonchev–Trinajstić information content (AvgIpc) is 2.17. The number of aliphatic carboxylic acids is 1. The van der Waals surface area contributed by atoms with E-state index in [0.29, 0.717) is 6.42 Å². The van der Waals surface area contributed by atoms with Gasteiger partial charge in [-0.3, -0.25) is 4.79 Å². The van der Waals surface area contributed by atoms with Gasteiger partial charge in [0, 0.05) is 20.1 Å². The Bertz CT molecular complexity index is 166. The second kappa shape index (κ2) is 6.79. The summed E-state index contributed by atoms with van der Waals surface area (Å²) >= 11 is 0. The topological polar surface area (TPSA) is 55.8 Å². The third-order valence-corrected chi connectivity index (χ3v) is 2.45. The number of methoxy groups -OCH3 is 2. The predicted molar refractivity (Wildman–Crippen MR) is 53.0 cm³/mol. The van der Waals surface area contributed by atoms with Crippen molar-refractivity contribution in [1.29, 1.82) is 0 Å². The van der Waals surface area contributed by atoms with Gasteiger partial charge in [0.25, 0.3) is 0 Å². The molecule has 0 aliphatic rings. The molecule has 0 saturated heterocycles. The van der Waals surface area contributed by atoms with E-state index in [9.17, 15) is 4.79 Å². The summed E-state index contributed by atoms with van der Waals surface area (Å²) in [5.74, 6) is -0.988. The molecule has 14 heavy (non-hydrogen) atoms. The molecule has 4 nitrogen and oxygen atoms in total. The fourth-order valence-electron chi connectivity index (χ4n) is 1.51. The highest BCUT2D eigenvalue weighted by molar-refractivity contribution is 5.69. The first-order valence-corrected chi connectivity index (χ1v) is 4.85. The molecule has 2 unspecified atom stereocenters. The Hall–Kier alpha value is -0.610. The van der Waals surface area contributed by atoms with Crippen molar-refractivity contribution in [3.05, 3.63) is 0 Å². The molecular formula is C10H20O4. The molecule has 0 fully saturated rings. The fourth-order valence-corrected chi connectivity index (χ4v) is 1.51. The van der Waals surface area contributed by atoms with Crippen LogP contribution >= 0.6 is 0 Å². The summed E-state index contributed by atoms with van der Waals surface area (Å²) in [6.45, 7) is 3.71. The lowest BCUT2D eigenvalue weighted by Gasteiger charge is -2.24. The minimum atomic E-state index is -0.769. The van der Waals surface area contributed by atoms with Gasteiger partial charge < -0.3 is 14.6 Å². The lowest BCUT2D eigenvalue weighted by molar-refractivity contribution is -0.151. The SMILES string of the molecule is CCC(CC(C)C(=O)O)C(OC)OC. The number of rotatable bonds is 7. The van der Waals surface area contributed by atoms with E-state index in [4.69, 9.17) is 14.6 Å². The Morgan fingerprint density at radius 2 is 1.86 bits per heavy atom. The van der Waals surface area contributed by atoms with Crippen LogP contribution in [0.3, 0.4) is 0 Å². The molecule has 2 atom stereocenters. The minimum absolute atomic E-state index is 0.135. The molecule has 0 aromatic rings. The highest BCUT2D eigenvalue weighted by Gasteiger charge is 2.24. The zero-order chi connectivity index (χ0) is 11.1. The molecule has 0 radical (unpaired) electrons. The standard InChI is InChI=1S/C10H20O4/c1-5-8(10(13-3)14-4)6-7(2)9(11)12/h7-8,10H,5-6H2,1-4H3,(H,11,12). The summed E-state index contributed by atoms with van der Waals surface area (Å²) in [5.41, 5.74) is 0. The van der Waals surface area contributed by atoms with Crippen molar-refractivity contribution in [1.82, 2.24) is 0 Å². The van der Waals surface area contributed by atoms with Gasteiger partial charge in [0.1, 0.15) is 0 Å². The first kappa shape index (κ1) is 13.4. The molecule has 0 rings (SSSR count). The largest absolute Gasteiger partial charge is 0.481 e. The molecule has 0 amide bonds. The van der Waals surface area contributed by atoms with Crippen LogP contribution in [0, 0.1) is 11.8 Å². The van der Waals surface area contributed by atoms with Crippen LogP contribution in [0.4, 0.5) is 0 Å². The number of carboxylic acids is 1. The molecular weight excluding hydrogens is 184 g/mol. The van der Waals surface area contributed by atoms with Crippen LogP contribution in [0.2, 0.25) is 0 Å². The molecule has 0 spiro atoms. The first-order chi connectivity index (χ1) is 6.56. The molecule has 0 heterocycles. The number of carbonyl (C=O) groups is 1. The van der Waals surface area contributed by atoms with E-state index >= 15 is 0 Å². The van der Waals surface area contributed by atoms with Crippen LogP contribution in [0.15, 0.2) is 0 Å². The summed E-state index contributed by atoms with van der Waals surface area (Å²) in [6, 6.07) is 0. The molecule has 1 N–H and O–H groups in total. The van der Waals surface area contributed by atoms with E-state index in [-0.39, 0.29) is 18.1 Å². The van der Waals surface area contributed by atoms with Crippen molar-refractivity contribution in [2.75, 3.05) is 14.2 Å². The van der Waals surface area contributed by atoms with Gasteiger partial charge in [-0.2, -0.15) is 0 Å². The Kier molecular flexibility index (Phi) is 6.49. The summed E-state index contributed by atoms with van der Waals surface area (Å²) in [7, 11) is 3.14. The van der Waals surface area contributed by atoms with Crippen molar-refractivity contribution in [2.24, 2.45) is 11.8 Å². The van der Waals surface area contributed by atoms with Crippen LogP contribution in [0.5, 0.6) is 0 Å². The van der Waals surface area contributed by atoms with Gasteiger partial charge in [-0.15, -0.1) is 0 Å². The Morgan fingerprint density at radius 3 is 2.14 bits per heavy atom. The molecule has 0 bridgehead atoms. The minimum Gasteiger partial charge on any atom is -0.481 e. The molecule has 0 aromatic carbocycles. The normalized spacial score (nSPS) is 15.5. The molecule has 84 valence electrons. The van der Waals surface area contributed by atoms with Crippen LogP contribution < -0.4 is 0 Å². The van der Waals surface area contributed by atoms with E-state index in [1.165, 1.54) is 0 Å². The van der Waals surface area contributed by atoms with Crippen LogP contribution in [0.25, 0.3) is 0 Å². The summed E-state index contributed by atoms with van der Waals surface area (Å²) in [4.78, 5) is 10.7. The summed E-state index contributed by atoms with van der Waals surface area (Å²) < 4.78 is 10.2. The third kappa shape index (κ3) is 4.07. The van der Waals surface area contributed by atoms with Gasteiger partial charge in [0.2, 0.25) is 0 Å². The van der Waals surface area contributed by atoms with Crippen molar-refractivity contribution in [2.45, 2.75) is 33.0 Å². The second-order valence-corrected chi connectivity index (χ2v) is 3.48. The fraction of sp³-hybridized carbons (Fsp3) is 0.900. The smallest absolute Gasteiger partial charge is 0.306 e. The zero-order valence-electron chi connectivity index (χ0n) is 9.32.